The first-order chi connectivity index (χ1) is 8.26. The standard InChI is InChI=1S/C14H20ClNO/c1-12(16-2)4-5-13-6-8-14(9-7-13)17-11-3-10-15/h3,6-10,12,16H,4-5,11H2,1-2H3/b10-3+. The van der Waals surface area contributed by atoms with Crippen molar-refractivity contribution in [3.63, 3.8) is 0 Å². The number of halogens is 1. The summed E-state index contributed by atoms with van der Waals surface area (Å²) in [5.74, 6) is 0.880. The van der Waals surface area contributed by atoms with E-state index in [1.807, 2.05) is 19.2 Å². The van der Waals surface area contributed by atoms with Crippen molar-refractivity contribution in [2.24, 2.45) is 0 Å². The predicted molar refractivity (Wildman–Crippen MR) is 73.8 cm³/mol. The largest absolute Gasteiger partial charge is 0.490 e. The number of benzene rings is 1. The van der Waals surface area contributed by atoms with Crippen LogP contribution in [0.4, 0.5) is 0 Å². The Kier molecular flexibility index (Phi) is 6.75. The second-order valence-corrected chi connectivity index (χ2v) is 4.30. The Morgan fingerprint density at radius 2 is 2.06 bits per heavy atom. The van der Waals surface area contributed by atoms with Crippen molar-refractivity contribution in [2.75, 3.05) is 13.7 Å². The quantitative estimate of drug-likeness (QED) is 0.805. The van der Waals surface area contributed by atoms with Crippen LogP contribution >= 0.6 is 11.6 Å². The van der Waals surface area contributed by atoms with E-state index in [2.05, 4.69) is 24.4 Å². The van der Waals surface area contributed by atoms with Crippen molar-refractivity contribution in [1.29, 1.82) is 0 Å². The van der Waals surface area contributed by atoms with Gasteiger partial charge in [-0.3, -0.25) is 0 Å². The molecule has 0 aliphatic heterocycles. The summed E-state index contributed by atoms with van der Waals surface area (Å²) in [5, 5.41) is 3.24. The van der Waals surface area contributed by atoms with E-state index in [0.717, 1.165) is 18.6 Å². The van der Waals surface area contributed by atoms with Crippen LogP contribution in [-0.4, -0.2) is 19.7 Å². The van der Waals surface area contributed by atoms with Gasteiger partial charge in [0, 0.05) is 11.6 Å². The predicted octanol–water partition coefficient (Wildman–Crippen LogP) is 3.36. The third kappa shape index (κ3) is 5.76. The average molecular weight is 254 g/mol. The van der Waals surface area contributed by atoms with Gasteiger partial charge in [-0.25, -0.2) is 0 Å². The Hall–Kier alpha value is -0.990. The molecule has 1 rings (SSSR count). The highest BCUT2D eigenvalue weighted by Gasteiger charge is 1.99. The van der Waals surface area contributed by atoms with Crippen molar-refractivity contribution in [3.8, 4) is 5.75 Å². The van der Waals surface area contributed by atoms with Crippen LogP contribution in [0.25, 0.3) is 0 Å². The fraction of sp³-hybridized carbons (Fsp3) is 0.429. The molecule has 3 heteroatoms. The van der Waals surface area contributed by atoms with Gasteiger partial charge in [0.05, 0.1) is 0 Å². The molecule has 1 atom stereocenters. The molecule has 0 spiro atoms. The zero-order valence-corrected chi connectivity index (χ0v) is 11.2. The lowest BCUT2D eigenvalue weighted by Crippen LogP contribution is -2.21. The summed E-state index contributed by atoms with van der Waals surface area (Å²) in [5.41, 5.74) is 2.81. The number of rotatable bonds is 7. The lowest BCUT2D eigenvalue weighted by atomic mass is 10.1. The summed E-state index contributed by atoms with van der Waals surface area (Å²) < 4.78 is 5.46. The number of nitrogens with one attached hydrogen (secondary N) is 1. The highest BCUT2D eigenvalue weighted by molar-refractivity contribution is 6.25. The van der Waals surface area contributed by atoms with Gasteiger partial charge in [0.15, 0.2) is 0 Å². The molecular formula is C14H20ClNO. The summed E-state index contributed by atoms with van der Waals surface area (Å²) in [7, 11) is 1.99. The van der Waals surface area contributed by atoms with Crippen LogP contribution in [-0.2, 0) is 6.42 Å². The normalized spacial score (nSPS) is 12.9. The van der Waals surface area contributed by atoms with Crippen LogP contribution in [0.15, 0.2) is 35.9 Å². The van der Waals surface area contributed by atoms with Gasteiger partial charge in [-0.05, 0) is 50.6 Å². The monoisotopic (exact) mass is 253 g/mol. The Morgan fingerprint density at radius 1 is 1.35 bits per heavy atom. The summed E-state index contributed by atoms with van der Waals surface area (Å²) in [4.78, 5) is 0. The third-order valence-corrected chi connectivity index (χ3v) is 2.90. The Morgan fingerprint density at radius 3 is 2.65 bits per heavy atom. The molecule has 1 N–H and O–H groups in total. The van der Waals surface area contributed by atoms with Gasteiger partial charge in [0.25, 0.3) is 0 Å². The van der Waals surface area contributed by atoms with E-state index in [1.165, 1.54) is 11.1 Å². The molecule has 0 saturated carbocycles. The van der Waals surface area contributed by atoms with E-state index in [1.54, 1.807) is 6.08 Å². The Balaban J connectivity index is 2.39. The van der Waals surface area contributed by atoms with Gasteiger partial charge in [0.2, 0.25) is 0 Å². The molecular weight excluding hydrogens is 234 g/mol. The van der Waals surface area contributed by atoms with E-state index >= 15 is 0 Å². The molecule has 0 bridgehead atoms. The molecule has 0 amide bonds. The van der Waals surface area contributed by atoms with E-state index in [9.17, 15) is 0 Å². The maximum absolute atomic E-state index is 5.46. The molecule has 0 radical (unpaired) electrons. The minimum absolute atomic E-state index is 0.514. The van der Waals surface area contributed by atoms with Gasteiger partial charge >= 0.3 is 0 Å². The van der Waals surface area contributed by atoms with Gasteiger partial charge < -0.3 is 10.1 Å². The number of aryl methyl sites for hydroxylation is 1. The van der Waals surface area contributed by atoms with E-state index in [-0.39, 0.29) is 0 Å². The average Bonchev–Trinajstić information content (AvgIpc) is 2.37. The molecule has 0 aliphatic rings. The minimum Gasteiger partial charge on any atom is -0.490 e. The molecule has 1 aromatic rings. The fourth-order valence-corrected chi connectivity index (χ4v) is 1.53. The fourth-order valence-electron chi connectivity index (χ4n) is 1.46. The van der Waals surface area contributed by atoms with Crippen molar-refractivity contribution in [2.45, 2.75) is 25.8 Å². The second kappa shape index (κ2) is 8.15. The van der Waals surface area contributed by atoms with E-state index in [0.29, 0.717) is 12.6 Å². The number of ether oxygens (including phenoxy) is 1. The molecule has 0 fully saturated rings. The summed E-state index contributed by atoms with van der Waals surface area (Å²) in [6, 6.07) is 8.78. The maximum Gasteiger partial charge on any atom is 0.119 e. The van der Waals surface area contributed by atoms with Gasteiger partial charge in [0.1, 0.15) is 12.4 Å². The van der Waals surface area contributed by atoms with Crippen LogP contribution in [0.5, 0.6) is 5.75 Å². The number of hydrogen-bond donors (Lipinski definition) is 1. The lowest BCUT2D eigenvalue weighted by molar-refractivity contribution is 0.363. The smallest absolute Gasteiger partial charge is 0.119 e. The number of hydrogen-bond acceptors (Lipinski definition) is 2. The summed E-state index contributed by atoms with van der Waals surface area (Å²) in [6.07, 6.45) is 4.00. The minimum atomic E-state index is 0.514. The first-order valence-corrected chi connectivity index (χ1v) is 6.34. The van der Waals surface area contributed by atoms with Crippen molar-refractivity contribution >= 4 is 11.6 Å². The first kappa shape index (κ1) is 14.1. The molecule has 1 unspecified atom stereocenters. The van der Waals surface area contributed by atoms with Gasteiger partial charge in [-0.15, -0.1) is 0 Å². The van der Waals surface area contributed by atoms with Crippen LogP contribution in [0.3, 0.4) is 0 Å². The lowest BCUT2D eigenvalue weighted by Gasteiger charge is -2.10. The third-order valence-electron chi connectivity index (χ3n) is 2.72. The van der Waals surface area contributed by atoms with Crippen molar-refractivity contribution in [1.82, 2.24) is 5.32 Å². The van der Waals surface area contributed by atoms with Crippen molar-refractivity contribution < 1.29 is 4.74 Å². The Bertz CT molecular complexity index is 335. The SMILES string of the molecule is CNC(C)CCc1ccc(OC/C=C/Cl)cc1. The topological polar surface area (TPSA) is 21.3 Å². The molecule has 0 aliphatic carbocycles. The second-order valence-electron chi connectivity index (χ2n) is 4.05. The highest BCUT2D eigenvalue weighted by atomic mass is 35.5. The van der Waals surface area contributed by atoms with E-state index in [4.69, 9.17) is 16.3 Å². The van der Waals surface area contributed by atoms with Crippen LogP contribution in [0.1, 0.15) is 18.9 Å². The van der Waals surface area contributed by atoms with E-state index < -0.39 is 0 Å². The van der Waals surface area contributed by atoms with Crippen molar-refractivity contribution in [3.05, 3.63) is 41.4 Å². The van der Waals surface area contributed by atoms with Crippen LogP contribution in [0.2, 0.25) is 0 Å². The zero-order valence-electron chi connectivity index (χ0n) is 10.4. The zero-order chi connectivity index (χ0) is 12.5. The Labute approximate surface area is 109 Å². The molecule has 1 aromatic carbocycles. The van der Waals surface area contributed by atoms with Crippen LogP contribution in [0, 0.1) is 0 Å². The maximum atomic E-state index is 5.46. The van der Waals surface area contributed by atoms with Gasteiger partial charge in [-0.1, -0.05) is 23.7 Å². The molecule has 0 aromatic heterocycles. The summed E-state index contributed by atoms with van der Waals surface area (Å²) in [6.45, 7) is 2.70. The molecule has 17 heavy (non-hydrogen) atoms. The van der Waals surface area contributed by atoms with Gasteiger partial charge in [-0.2, -0.15) is 0 Å². The molecule has 0 heterocycles. The summed E-state index contributed by atoms with van der Waals surface area (Å²) >= 11 is 5.41. The first-order valence-electron chi connectivity index (χ1n) is 5.90. The van der Waals surface area contributed by atoms with Crippen LogP contribution < -0.4 is 10.1 Å². The molecule has 94 valence electrons. The highest BCUT2D eigenvalue weighted by Crippen LogP contribution is 2.14. The molecule has 0 saturated heterocycles. The molecule has 2 nitrogen and oxygen atoms in total.